The van der Waals surface area contributed by atoms with Crippen LogP contribution in [0.4, 0.5) is 10.6 Å². The SMILES string of the molecule is CC(C)OC(=O)N(C)C1CCC(CC(=O)Nc2cc(-c3ccccc3)c(-c3ccc(C4CC(C(N)O)C4)cc3)nn2)CC1. The summed E-state index contributed by atoms with van der Waals surface area (Å²) in [6, 6.07) is 20.4. The van der Waals surface area contributed by atoms with Crippen LogP contribution in [0.15, 0.2) is 60.7 Å². The number of hydrogen-bond acceptors (Lipinski definition) is 7. The number of ether oxygens (including phenoxy) is 1. The normalized spacial score (nSPS) is 22.4. The number of carbonyl (C=O) groups is 2. The van der Waals surface area contributed by atoms with Gasteiger partial charge in [-0.2, -0.15) is 0 Å². The van der Waals surface area contributed by atoms with Gasteiger partial charge in [0.25, 0.3) is 0 Å². The van der Waals surface area contributed by atoms with Crippen LogP contribution in [-0.2, 0) is 9.53 Å². The third kappa shape index (κ3) is 7.58. The lowest BCUT2D eigenvalue weighted by Gasteiger charge is -2.37. The molecular weight excluding hydrogens is 542 g/mol. The number of aromatic nitrogens is 2. The Hall–Kier alpha value is -3.82. The zero-order valence-corrected chi connectivity index (χ0v) is 25.3. The topological polar surface area (TPSA) is 131 Å². The van der Waals surface area contributed by atoms with Gasteiger partial charge in [0.2, 0.25) is 5.91 Å². The summed E-state index contributed by atoms with van der Waals surface area (Å²) in [5.41, 5.74) is 10.4. The highest BCUT2D eigenvalue weighted by molar-refractivity contribution is 5.91. The zero-order chi connectivity index (χ0) is 30.5. The summed E-state index contributed by atoms with van der Waals surface area (Å²) in [6.45, 7) is 3.70. The summed E-state index contributed by atoms with van der Waals surface area (Å²) in [7, 11) is 1.79. The highest BCUT2D eigenvalue weighted by atomic mass is 16.6. The molecule has 0 radical (unpaired) electrons. The predicted octanol–water partition coefficient (Wildman–Crippen LogP) is 5.95. The number of aliphatic hydroxyl groups is 1. The third-order valence-corrected chi connectivity index (χ3v) is 8.92. The fourth-order valence-electron chi connectivity index (χ4n) is 6.26. The van der Waals surface area contributed by atoms with Crippen molar-refractivity contribution in [2.75, 3.05) is 12.4 Å². The standard InChI is InChI=1S/C34H43N5O4/c1-21(2)43-34(42)39(3)28-15-9-22(10-16-28)17-31(40)36-30-20-29(24-7-5-4-6-8-24)32(38-37-30)25-13-11-23(12-14-25)26-18-27(19-26)33(35)41/h4-8,11-14,20-22,26-28,33,41H,9-10,15-19,35H2,1-3H3,(H,36,37,40). The summed E-state index contributed by atoms with van der Waals surface area (Å²) in [5.74, 6) is 1.17. The first-order valence-corrected chi connectivity index (χ1v) is 15.4. The second kappa shape index (κ2) is 13.7. The first kappa shape index (κ1) is 30.6. The molecule has 0 aliphatic heterocycles. The first-order chi connectivity index (χ1) is 20.7. The van der Waals surface area contributed by atoms with Crippen molar-refractivity contribution in [1.82, 2.24) is 15.1 Å². The van der Waals surface area contributed by atoms with Gasteiger partial charge >= 0.3 is 6.09 Å². The second-order valence-corrected chi connectivity index (χ2v) is 12.4. The van der Waals surface area contributed by atoms with Crippen LogP contribution in [0.3, 0.4) is 0 Å². The number of benzene rings is 2. The minimum Gasteiger partial charge on any atom is -0.447 e. The van der Waals surface area contributed by atoms with E-state index in [1.807, 2.05) is 50.2 Å². The molecule has 1 aromatic heterocycles. The fourth-order valence-corrected chi connectivity index (χ4v) is 6.26. The zero-order valence-electron chi connectivity index (χ0n) is 25.3. The number of amides is 2. The van der Waals surface area contributed by atoms with Gasteiger partial charge in [0.1, 0.15) is 11.9 Å². The number of anilines is 1. The van der Waals surface area contributed by atoms with Crippen LogP contribution in [0.1, 0.15) is 70.3 Å². The van der Waals surface area contributed by atoms with Crippen LogP contribution in [0, 0.1) is 11.8 Å². The van der Waals surface area contributed by atoms with Crippen molar-refractivity contribution in [1.29, 1.82) is 0 Å². The van der Waals surface area contributed by atoms with E-state index in [-0.39, 0.29) is 36.0 Å². The van der Waals surface area contributed by atoms with Crippen molar-refractivity contribution in [3.63, 3.8) is 0 Å². The Morgan fingerprint density at radius 3 is 2.30 bits per heavy atom. The molecule has 1 unspecified atom stereocenters. The van der Waals surface area contributed by atoms with E-state index in [4.69, 9.17) is 10.5 Å². The molecule has 2 aromatic carbocycles. The van der Waals surface area contributed by atoms with Crippen molar-refractivity contribution in [2.24, 2.45) is 17.6 Å². The van der Waals surface area contributed by atoms with Crippen molar-refractivity contribution in [2.45, 2.75) is 83.1 Å². The summed E-state index contributed by atoms with van der Waals surface area (Å²) >= 11 is 0. The predicted molar refractivity (Wildman–Crippen MR) is 167 cm³/mol. The summed E-state index contributed by atoms with van der Waals surface area (Å²) in [6.07, 6.45) is 4.47. The largest absolute Gasteiger partial charge is 0.447 e. The minimum absolute atomic E-state index is 0.0807. The van der Waals surface area contributed by atoms with Crippen molar-refractivity contribution in [3.8, 4) is 22.4 Å². The van der Waals surface area contributed by atoms with E-state index in [2.05, 4.69) is 39.8 Å². The number of carbonyl (C=O) groups excluding carboxylic acids is 2. The quantitative estimate of drug-likeness (QED) is 0.265. The number of rotatable bonds is 9. The molecule has 2 aliphatic rings. The Bertz CT molecular complexity index is 1380. The van der Waals surface area contributed by atoms with E-state index in [0.29, 0.717) is 18.2 Å². The fraction of sp³-hybridized carbons (Fsp3) is 0.471. The molecule has 1 heterocycles. The molecule has 0 spiro atoms. The molecule has 2 amide bonds. The molecule has 9 nitrogen and oxygen atoms in total. The Balaban J connectivity index is 1.23. The van der Waals surface area contributed by atoms with Crippen molar-refractivity contribution < 1.29 is 19.4 Å². The summed E-state index contributed by atoms with van der Waals surface area (Å²) < 4.78 is 5.33. The number of aliphatic hydroxyl groups excluding tert-OH is 1. The van der Waals surface area contributed by atoms with Gasteiger partial charge in [-0.05, 0) is 87.3 Å². The van der Waals surface area contributed by atoms with Gasteiger partial charge in [0.05, 0.1) is 6.10 Å². The van der Waals surface area contributed by atoms with E-state index in [1.165, 1.54) is 5.56 Å². The van der Waals surface area contributed by atoms with Crippen LogP contribution in [0.5, 0.6) is 0 Å². The van der Waals surface area contributed by atoms with Crippen LogP contribution in [-0.4, -0.2) is 57.6 Å². The van der Waals surface area contributed by atoms with Gasteiger partial charge in [-0.25, -0.2) is 4.79 Å². The van der Waals surface area contributed by atoms with Gasteiger partial charge in [-0.15, -0.1) is 10.2 Å². The molecular formula is C34H43N5O4. The molecule has 2 saturated carbocycles. The molecule has 9 heteroatoms. The minimum atomic E-state index is -0.748. The van der Waals surface area contributed by atoms with Crippen LogP contribution in [0.2, 0.25) is 0 Å². The van der Waals surface area contributed by atoms with E-state index >= 15 is 0 Å². The van der Waals surface area contributed by atoms with E-state index in [1.54, 1.807) is 11.9 Å². The molecule has 43 heavy (non-hydrogen) atoms. The molecule has 1 atom stereocenters. The maximum Gasteiger partial charge on any atom is 0.410 e. The number of nitrogens with zero attached hydrogens (tertiary/aromatic N) is 3. The van der Waals surface area contributed by atoms with Crippen LogP contribution in [0.25, 0.3) is 22.4 Å². The van der Waals surface area contributed by atoms with E-state index in [0.717, 1.165) is 60.9 Å². The molecule has 3 aromatic rings. The Labute approximate surface area is 253 Å². The highest BCUT2D eigenvalue weighted by Gasteiger charge is 2.33. The lowest BCUT2D eigenvalue weighted by molar-refractivity contribution is -0.117. The molecule has 5 rings (SSSR count). The van der Waals surface area contributed by atoms with Gasteiger partial charge in [-0.1, -0.05) is 54.6 Å². The smallest absolute Gasteiger partial charge is 0.410 e. The lowest BCUT2D eigenvalue weighted by Crippen LogP contribution is -2.40. The Kier molecular flexibility index (Phi) is 9.72. The number of nitrogens with one attached hydrogen (secondary N) is 1. The molecule has 2 aliphatic carbocycles. The molecule has 0 saturated heterocycles. The van der Waals surface area contributed by atoms with Gasteiger partial charge in [0, 0.05) is 30.6 Å². The number of hydrogen-bond donors (Lipinski definition) is 3. The van der Waals surface area contributed by atoms with E-state index in [9.17, 15) is 14.7 Å². The van der Waals surface area contributed by atoms with Crippen LogP contribution < -0.4 is 11.1 Å². The third-order valence-electron chi connectivity index (χ3n) is 8.92. The van der Waals surface area contributed by atoms with Crippen LogP contribution >= 0.6 is 0 Å². The lowest BCUT2D eigenvalue weighted by atomic mass is 9.70. The maximum atomic E-state index is 13.0. The molecule has 4 N–H and O–H groups in total. The van der Waals surface area contributed by atoms with Crippen molar-refractivity contribution in [3.05, 3.63) is 66.2 Å². The second-order valence-electron chi connectivity index (χ2n) is 12.4. The Morgan fingerprint density at radius 1 is 1.00 bits per heavy atom. The first-order valence-electron chi connectivity index (χ1n) is 15.4. The van der Waals surface area contributed by atoms with E-state index < -0.39 is 6.23 Å². The van der Waals surface area contributed by atoms with Gasteiger partial charge in [-0.3, -0.25) is 4.79 Å². The summed E-state index contributed by atoms with van der Waals surface area (Å²) in [5, 5.41) is 21.5. The number of nitrogens with two attached hydrogens (primary N) is 1. The van der Waals surface area contributed by atoms with Gasteiger partial charge < -0.3 is 25.8 Å². The summed E-state index contributed by atoms with van der Waals surface area (Å²) in [4.78, 5) is 27.0. The van der Waals surface area contributed by atoms with Crippen molar-refractivity contribution >= 4 is 17.8 Å². The average molecular weight is 586 g/mol. The molecule has 228 valence electrons. The molecule has 2 fully saturated rings. The Morgan fingerprint density at radius 2 is 1.67 bits per heavy atom. The highest BCUT2D eigenvalue weighted by Crippen LogP contribution is 2.43. The van der Waals surface area contributed by atoms with Gasteiger partial charge in [0.15, 0.2) is 5.82 Å². The monoisotopic (exact) mass is 585 g/mol. The maximum absolute atomic E-state index is 13.0. The average Bonchev–Trinajstić information content (AvgIpc) is 2.97. The molecule has 0 bridgehead atoms.